The molecule has 0 saturated heterocycles. The van der Waals surface area contributed by atoms with E-state index in [1.54, 1.807) is 0 Å². The molecule has 11 aromatic rings. The van der Waals surface area contributed by atoms with Gasteiger partial charge in [-0.25, -0.2) is 0 Å². The zero-order valence-electron chi connectivity index (χ0n) is 33.0. The largest absolute Gasteiger partial charge is 0.310 e. The van der Waals surface area contributed by atoms with Gasteiger partial charge in [0, 0.05) is 16.8 Å². The van der Waals surface area contributed by atoms with E-state index in [0.717, 1.165) is 17.1 Å². The van der Waals surface area contributed by atoms with Crippen LogP contribution >= 0.6 is 0 Å². The van der Waals surface area contributed by atoms with Crippen molar-refractivity contribution >= 4 is 60.2 Å². The number of hydrogen-bond donors (Lipinski definition) is 0. The molecule has 0 radical (unpaired) electrons. The van der Waals surface area contributed by atoms with Gasteiger partial charge in [0.2, 0.25) is 0 Å². The summed E-state index contributed by atoms with van der Waals surface area (Å²) in [6.07, 6.45) is 0. The van der Waals surface area contributed by atoms with Crippen LogP contribution in [0, 0.1) is 0 Å². The van der Waals surface area contributed by atoms with E-state index in [1.165, 1.54) is 87.6 Å². The highest BCUT2D eigenvalue weighted by molar-refractivity contribution is 6.15. The highest BCUT2D eigenvalue weighted by Gasteiger charge is 2.46. The molecule has 12 rings (SSSR count). The van der Waals surface area contributed by atoms with E-state index in [4.69, 9.17) is 0 Å². The summed E-state index contributed by atoms with van der Waals surface area (Å²) in [6, 6.07) is 87.5. The summed E-state index contributed by atoms with van der Waals surface area (Å²) >= 11 is 0. The number of hydrogen-bond acceptors (Lipinski definition) is 1. The molecule has 0 bridgehead atoms. The lowest BCUT2D eigenvalue weighted by Gasteiger charge is -2.35. The maximum Gasteiger partial charge on any atom is 0.0714 e. The Balaban J connectivity index is 1.12. The summed E-state index contributed by atoms with van der Waals surface area (Å²) < 4.78 is 0. The van der Waals surface area contributed by atoms with Crippen molar-refractivity contribution in [1.82, 2.24) is 0 Å². The van der Waals surface area contributed by atoms with Gasteiger partial charge in [-0.15, -0.1) is 0 Å². The van der Waals surface area contributed by atoms with Gasteiger partial charge in [-0.3, -0.25) is 0 Å². The summed E-state index contributed by atoms with van der Waals surface area (Å²) in [7, 11) is 0. The van der Waals surface area contributed by atoms with Crippen LogP contribution in [0.15, 0.2) is 237 Å². The molecule has 1 heteroatoms. The molecular formula is C59H39N. The second kappa shape index (κ2) is 13.7. The van der Waals surface area contributed by atoms with Crippen LogP contribution in [-0.4, -0.2) is 0 Å². The SMILES string of the molecule is c1ccc(C2(c3ccccc3)c3ccccc3-c3ccc(N(c4ccc(-c5cc6ccccc6c6ccccc56)cc4)c4cc5ccccc5c5ccccc45)cc32)cc1. The van der Waals surface area contributed by atoms with Crippen molar-refractivity contribution < 1.29 is 0 Å². The molecule has 280 valence electrons. The van der Waals surface area contributed by atoms with Crippen molar-refractivity contribution in [3.05, 3.63) is 259 Å². The van der Waals surface area contributed by atoms with Crippen molar-refractivity contribution in [3.8, 4) is 22.3 Å². The molecule has 0 unspecified atom stereocenters. The Morgan fingerprint density at radius 1 is 0.283 bits per heavy atom. The van der Waals surface area contributed by atoms with E-state index in [-0.39, 0.29) is 0 Å². The molecule has 0 amide bonds. The molecule has 0 aromatic heterocycles. The normalized spacial score (nSPS) is 12.8. The summed E-state index contributed by atoms with van der Waals surface area (Å²) in [5, 5.41) is 9.99. The van der Waals surface area contributed by atoms with Crippen molar-refractivity contribution in [1.29, 1.82) is 0 Å². The van der Waals surface area contributed by atoms with Gasteiger partial charge in [0.15, 0.2) is 0 Å². The van der Waals surface area contributed by atoms with E-state index in [0.29, 0.717) is 0 Å². The summed E-state index contributed by atoms with van der Waals surface area (Å²) in [5.41, 5.74) is 12.9. The summed E-state index contributed by atoms with van der Waals surface area (Å²) in [6.45, 7) is 0. The topological polar surface area (TPSA) is 3.24 Å². The first kappa shape index (κ1) is 34.3. The van der Waals surface area contributed by atoms with Crippen LogP contribution in [-0.2, 0) is 5.41 Å². The highest BCUT2D eigenvalue weighted by Crippen LogP contribution is 2.57. The molecule has 60 heavy (non-hydrogen) atoms. The smallest absolute Gasteiger partial charge is 0.0714 e. The first-order chi connectivity index (χ1) is 29.8. The van der Waals surface area contributed by atoms with Gasteiger partial charge in [-0.05, 0) is 119 Å². The van der Waals surface area contributed by atoms with Gasteiger partial charge in [0.1, 0.15) is 0 Å². The predicted molar refractivity (Wildman–Crippen MR) is 254 cm³/mol. The van der Waals surface area contributed by atoms with Crippen LogP contribution in [0.4, 0.5) is 17.1 Å². The summed E-state index contributed by atoms with van der Waals surface area (Å²) in [5.74, 6) is 0. The quantitative estimate of drug-likeness (QED) is 0.153. The van der Waals surface area contributed by atoms with Crippen molar-refractivity contribution in [2.45, 2.75) is 5.41 Å². The van der Waals surface area contributed by atoms with Crippen LogP contribution < -0.4 is 4.90 Å². The molecule has 0 aliphatic heterocycles. The Hall–Kier alpha value is -7.74. The fraction of sp³-hybridized carbons (Fsp3) is 0.0169. The van der Waals surface area contributed by atoms with Crippen molar-refractivity contribution in [2.24, 2.45) is 0 Å². The molecule has 0 N–H and O–H groups in total. The van der Waals surface area contributed by atoms with E-state index < -0.39 is 5.41 Å². The highest BCUT2D eigenvalue weighted by atomic mass is 15.1. The Labute approximate surface area is 350 Å². The van der Waals surface area contributed by atoms with Gasteiger partial charge in [-0.1, -0.05) is 200 Å². The van der Waals surface area contributed by atoms with Crippen molar-refractivity contribution in [2.75, 3.05) is 4.90 Å². The Kier molecular flexibility index (Phi) is 7.83. The minimum atomic E-state index is -0.511. The fourth-order valence-electron chi connectivity index (χ4n) is 10.3. The van der Waals surface area contributed by atoms with Gasteiger partial charge in [-0.2, -0.15) is 0 Å². The number of benzene rings is 11. The van der Waals surface area contributed by atoms with Crippen LogP contribution in [0.3, 0.4) is 0 Å². The molecular weight excluding hydrogens is 723 g/mol. The number of anilines is 3. The fourth-order valence-corrected chi connectivity index (χ4v) is 10.3. The molecule has 11 aromatic carbocycles. The minimum Gasteiger partial charge on any atom is -0.310 e. The average Bonchev–Trinajstić information content (AvgIpc) is 3.62. The Morgan fingerprint density at radius 2 is 0.767 bits per heavy atom. The number of nitrogens with zero attached hydrogens (tertiary/aromatic N) is 1. The Morgan fingerprint density at radius 3 is 1.43 bits per heavy atom. The number of fused-ring (bicyclic) bond motifs is 9. The van der Waals surface area contributed by atoms with Crippen molar-refractivity contribution in [3.63, 3.8) is 0 Å². The molecule has 0 heterocycles. The maximum absolute atomic E-state index is 2.49. The monoisotopic (exact) mass is 761 g/mol. The molecule has 0 fully saturated rings. The number of rotatable bonds is 6. The first-order valence-electron chi connectivity index (χ1n) is 20.8. The second-order valence-electron chi connectivity index (χ2n) is 16.0. The van der Waals surface area contributed by atoms with Crippen LogP contribution in [0.25, 0.3) is 65.3 Å². The van der Waals surface area contributed by atoms with Crippen LogP contribution in [0.5, 0.6) is 0 Å². The Bertz CT molecular complexity index is 3380. The third-order valence-electron chi connectivity index (χ3n) is 12.9. The summed E-state index contributed by atoms with van der Waals surface area (Å²) in [4.78, 5) is 2.49. The predicted octanol–water partition coefficient (Wildman–Crippen LogP) is 15.8. The molecule has 1 aliphatic rings. The van der Waals surface area contributed by atoms with Crippen LogP contribution in [0.1, 0.15) is 22.3 Å². The van der Waals surface area contributed by atoms with Crippen LogP contribution in [0.2, 0.25) is 0 Å². The standard InChI is InChI=1S/C59H39N/c1-3-19-43(20-4-1)59(44-21-5-2-6-22-44)56-30-16-15-28-52(56)53-36-35-46(39-57(53)59)60(58-38-42-18-8-10-24-48(42)50-26-13-14-29-54(50)58)45-33-31-40(32-34-45)55-37-41-17-7-9-23-47(41)49-25-11-12-27-51(49)55/h1-39H. The van der Waals surface area contributed by atoms with Gasteiger partial charge in [0.05, 0.1) is 11.1 Å². The zero-order valence-corrected chi connectivity index (χ0v) is 33.0. The van der Waals surface area contributed by atoms with Gasteiger partial charge in [0.25, 0.3) is 0 Å². The molecule has 1 aliphatic carbocycles. The zero-order chi connectivity index (χ0) is 39.6. The molecule has 1 nitrogen and oxygen atoms in total. The minimum absolute atomic E-state index is 0.511. The molecule has 0 atom stereocenters. The first-order valence-corrected chi connectivity index (χ1v) is 20.8. The third-order valence-corrected chi connectivity index (χ3v) is 12.9. The lowest BCUT2D eigenvalue weighted by Crippen LogP contribution is -2.28. The average molecular weight is 762 g/mol. The van der Waals surface area contributed by atoms with E-state index in [1.807, 2.05) is 0 Å². The second-order valence-corrected chi connectivity index (χ2v) is 16.0. The lowest BCUT2D eigenvalue weighted by atomic mass is 9.67. The van der Waals surface area contributed by atoms with Gasteiger partial charge >= 0.3 is 0 Å². The lowest BCUT2D eigenvalue weighted by molar-refractivity contribution is 0.768. The maximum atomic E-state index is 2.49. The van der Waals surface area contributed by atoms with Gasteiger partial charge < -0.3 is 4.90 Å². The molecule has 0 spiro atoms. The molecule has 0 saturated carbocycles. The van der Waals surface area contributed by atoms with E-state index in [9.17, 15) is 0 Å². The van der Waals surface area contributed by atoms with E-state index >= 15 is 0 Å². The third kappa shape index (κ3) is 5.13. The van der Waals surface area contributed by atoms with E-state index in [2.05, 4.69) is 241 Å².